The molecule has 0 spiro atoms. The van der Waals surface area contributed by atoms with Crippen LogP contribution < -0.4 is 46.3 Å². The van der Waals surface area contributed by atoms with Crippen LogP contribution in [0.1, 0.15) is 107 Å². The van der Waals surface area contributed by atoms with Gasteiger partial charge in [-0.15, -0.1) is 34.5 Å². The summed E-state index contributed by atoms with van der Waals surface area (Å²) >= 11 is 14.2. The molecule has 4 heterocycles. The topological polar surface area (TPSA) is 306 Å². The molecule has 95 heavy (non-hydrogen) atoms. The number of primary amides is 1. The highest BCUT2D eigenvalue weighted by molar-refractivity contribution is 7.16. The molecule has 11 amide bonds. The molecule has 4 unspecified atom stereocenters. The number of benzene rings is 5. The van der Waals surface area contributed by atoms with E-state index in [-0.39, 0.29) is 135 Å². The number of rotatable bonds is 27. The lowest BCUT2D eigenvalue weighted by atomic mass is 9.95. The second-order valence-corrected chi connectivity index (χ2v) is 25.4. The summed E-state index contributed by atoms with van der Waals surface area (Å²) in [5.74, 6) is -3.51. The third-order valence-corrected chi connectivity index (χ3v) is 18.4. The number of alkyl halides is 2. The fourth-order valence-corrected chi connectivity index (χ4v) is 13.1. The molecule has 0 radical (unpaired) electrons. The number of hydrogen-bond acceptors (Lipinski definition) is 15. The van der Waals surface area contributed by atoms with E-state index in [1.54, 1.807) is 78.2 Å². The van der Waals surface area contributed by atoms with Crippen molar-refractivity contribution in [1.82, 2.24) is 30.7 Å². The number of urea groups is 1. The fourth-order valence-electron chi connectivity index (χ4n) is 11.7. The number of nitrogens with two attached hydrogens (primary N) is 1. The number of halogens is 2. The standard InChI is InChI=1S/C68H74Cl2N10O14S/c1-39(2)61(75-56(82)19-7-6-12-29-78-57(83)26-27-58(78)84)63(86)74-49(18-13-28-72-66(71)89)62(85)73-44-22-20-41(21-23-44)38-92-67(90)76(4)30-31-77(5)68(91)94-53-33-51-60(48-17-11-9-15-46(48)53)43(35-70)37-80(51)65(88)55-25-24-54(95-55)64(87)79-36-42(34-69)59-47-16-10-8-14-45(47)52(32-50(59)79)93-40(3)81/h8-11,14-17,20-27,32-33,39,42-43,49,61H,6-7,12-13,18-19,28-31,34-38H2,1-5H3,(H,73,85)(H,74,86)(H,75,82)(H3,71,72,89). The average Bonchev–Trinajstić information content (AvgIpc) is 1.63. The number of nitrogens with one attached hydrogen (secondary N) is 4. The van der Waals surface area contributed by atoms with Crippen molar-refractivity contribution in [1.29, 1.82) is 0 Å². The summed E-state index contributed by atoms with van der Waals surface area (Å²) in [7, 11) is 3.03. The highest BCUT2D eigenvalue weighted by atomic mass is 35.5. The first-order valence-corrected chi connectivity index (χ1v) is 33.0. The quantitative estimate of drug-likeness (QED) is 0.0106. The molecule has 0 fully saturated rings. The highest BCUT2D eigenvalue weighted by Crippen LogP contribution is 2.48. The Morgan fingerprint density at radius 2 is 1.20 bits per heavy atom. The van der Waals surface area contributed by atoms with Gasteiger partial charge in [0.15, 0.2) is 0 Å². The van der Waals surface area contributed by atoms with Crippen LogP contribution in [-0.2, 0) is 40.1 Å². The van der Waals surface area contributed by atoms with E-state index in [9.17, 15) is 52.7 Å². The lowest BCUT2D eigenvalue weighted by Crippen LogP contribution is -2.54. The number of hydrogen-bond donors (Lipinski definition) is 5. The summed E-state index contributed by atoms with van der Waals surface area (Å²) in [6.07, 6.45) is 2.96. The Kier molecular flexibility index (Phi) is 23.2. The molecule has 24 nitrogen and oxygen atoms in total. The van der Waals surface area contributed by atoms with Crippen molar-refractivity contribution in [3.8, 4) is 11.5 Å². The zero-order valence-corrected chi connectivity index (χ0v) is 55.4. The number of ether oxygens (including phenoxy) is 3. The largest absolute Gasteiger partial charge is 0.445 e. The van der Waals surface area contributed by atoms with Crippen molar-refractivity contribution in [3.63, 3.8) is 0 Å². The Morgan fingerprint density at radius 1 is 0.663 bits per heavy atom. The van der Waals surface area contributed by atoms with Crippen molar-refractivity contribution in [2.24, 2.45) is 11.7 Å². The van der Waals surface area contributed by atoms with E-state index < -0.39 is 48.1 Å². The maximum atomic E-state index is 14.7. The molecule has 1 aromatic heterocycles. The predicted octanol–water partition coefficient (Wildman–Crippen LogP) is 9.14. The maximum Gasteiger partial charge on any atom is 0.415 e. The van der Waals surface area contributed by atoms with Gasteiger partial charge in [0.1, 0.15) is 30.2 Å². The van der Waals surface area contributed by atoms with E-state index in [1.807, 2.05) is 42.5 Å². The van der Waals surface area contributed by atoms with E-state index in [0.717, 1.165) is 43.5 Å². The van der Waals surface area contributed by atoms with Gasteiger partial charge >= 0.3 is 24.2 Å². The number of anilines is 3. The number of unbranched alkanes of at least 4 members (excludes halogenated alkanes) is 2. The van der Waals surface area contributed by atoms with Crippen LogP contribution in [0.3, 0.4) is 0 Å². The van der Waals surface area contributed by atoms with E-state index in [4.69, 9.17) is 43.1 Å². The van der Waals surface area contributed by atoms with Crippen LogP contribution in [0.25, 0.3) is 21.5 Å². The summed E-state index contributed by atoms with van der Waals surface area (Å²) in [6, 6.07) is 25.0. The molecule has 4 atom stereocenters. The fraction of sp³-hybridized carbons (Fsp3) is 0.368. The van der Waals surface area contributed by atoms with Crippen LogP contribution in [0.2, 0.25) is 0 Å². The minimum Gasteiger partial charge on any atom is -0.445 e. The van der Waals surface area contributed by atoms with Crippen LogP contribution >= 0.6 is 34.5 Å². The zero-order chi connectivity index (χ0) is 68.2. The third kappa shape index (κ3) is 16.7. The molecule has 9 rings (SSSR count). The first-order chi connectivity index (χ1) is 45.5. The number of fused-ring (bicyclic) bond motifs is 6. The molecular weight excluding hydrogens is 1280 g/mol. The first-order valence-electron chi connectivity index (χ1n) is 31.1. The third-order valence-electron chi connectivity index (χ3n) is 16.6. The van der Waals surface area contributed by atoms with Crippen molar-refractivity contribution in [3.05, 3.63) is 136 Å². The lowest BCUT2D eigenvalue weighted by Gasteiger charge is -2.25. The Morgan fingerprint density at radius 3 is 1.73 bits per heavy atom. The van der Waals surface area contributed by atoms with Crippen molar-refractivity contribution >= 4 is 139 Å². The van der Waals surface area contributed by atoms with Gasteiger partial charge in [-0.2, -0.15) is 0 Å². The van der Waals surface area contributed by atoms with E-state index in [1.165, 1.54) is 43.0 Å². The number of carbonyl (C=O) groups is 11. The number of thiophene rings is 1. The minimum absolute atomic E-state index is 0.0319. The van der Waals surface area contributed by atoms with Gasteiger partial charge in [0.25, 0.3) is 23.6 Å². The molecule has 0 aliphatic carbocycles. The van der Waals surface area contributed by atoms with E-state index in [2.05, 4.69) is 21.3 Å². The Bertz CT molecular complexity index is 3980. The Hall–Kier alpha value is -9.59. The molecule has 5 aromatic carbocycles. The van der Waals surface area contributed by atoms with Crippen LogP contribution in [-0.4, -0.2) is 157 Å². The molecule has 0 bridgehead atoms. The minimum atomic E-state index is -1.10. The summed E-state index contributed by atoms with van der Waals surface area (Å²) in [4.78, 5) is 151. The summed E-state index contributed by atoms with van der Waals surface area (Å²) in [5.41, 5.74) is 8.89. The van der Waals surface area contributed by atoms with Gasteiger partial charge < -0.3 is 60.8 Å². The Balaban J connectivity index is 0.775. The zero-order valence-electron chi connectivity index (χ0n) is 53.1. The predicted molar refractivity (Wildman–Crippen MR) is 360 cm³/mol. The van der Waals surface area contributed by atoms with E-state index >= 15 is 0 Å². The molecule has 0 saturated heterocycles. The molecule has 6 aromatic rings. The van der Waals surface area contributed by atoms with E-state index in [0.29, 0.717) is 57.9 Å². The SMILES string of the molecule is CC(=O)Oc1cc2c(c3ccccc13)C(CCl)CN2C(=O)c1ccc(C(=O)N2CC(CCl)c3c2cc(OC(=O)N(C)CCN(C)C(=O)OCc2ccc(NC(=O)C(CCCNC(N)=O)NC(=O)C(NC(=O)CCCCCN4C(=O)C=CC4=O)C(C)C)cc2)c2ccccc32)s1. The molecule has 27 heteroatoms. The van der Waals surface area contributed by atoms with Gasteiger partial charge in [-0.1, -0.05) is 80.9 Å². The Labute approximate surface area is 562 Å². The van der Waals surface area contributed by atoms with Crippen molar-refractivity contribution < 1.29 is 67.0 Å². The lowest BCUT2D eigenvalue weighted by molar-refractivity contribution is -0.137. The van der Waals surface area contributed by atoms with Gasteiger partial charge in [-0.05, 0) is 83.3 Å². The van der Waals surface area contributed by atoms with Crippen molar-refractivity contribution in [2.45, 2.75) is 89.8 Å². The second-order valence-electron chi connectivity index (χ2n) is 23.7. The van der Waals surface area contributed by atoms with Crippen LogP contribution in [0, 0.1) is 5.92 Å². The number of carbonyl (C=O) groups excluding carboxylic acids is 11. The molecule has 3 aliphatic rings. The highest BCUT2D eigenvalue weighted by Gasteiger charge is 2.39. The molecule has 6 N–H and O–H groups in total. The number of amides is 11. The van der Waals surface area contributed by atoms with Gasteiger partial charge in [0.2, 0.25) is 17.7 Å². The summed E-state index contributed by atoms with van der Waals surface area (Å²) in [6.45, 7) is 5.58. The maximum absolute atomic E-state index is 14.7. The van der Waals surface area contributed by atoms with Gasteiger partial charge in [0.05, 0.1) is 21.1 Å². The normalized spacial score (nSPS) is 15.3. The molecule has 500 valence electrons. The number of imide groups is 1. The molecule has 3 aliphatic heterocycles. The van der Waals surface area contributed by atoms with Crippen LogP contribution in [0.4, 0.5) is 31.4 Å². The number of likely N-dealkylation sites (N-methyl/N-ethyl adjacent to an activating group) is 2. The molecular formula is C68H74Cl2N10O14S. The summed E-state index contributed by atoms with van der Waals surface area (Å²) in [5, 5.41) is 13.6. The number of esters is 1. The van der Waals surface area contributed by atoms with Gasteiger partial charge in [-0.3, -0.25) is 43.3 Å². The average molecular weight is 1360 g/mol. The van der Waals surface area contributed by atoms with Crippen LogP contribution in [0.5, 0.6) is 11.5 Å². The van der Waals surface area contributed by atoms with Crippen molar-refractivity contribution in [2.75, 3.05) is 80.2 Å². The van der Waals surface area contributed by atoms with Crippen LogP contribution in [0.15, 0.2) is 109 Å². The first kappa shape index (κ1) is 69.7. The summed E-state index contributed by atoms with van der Waals surface area (Å²) < 4.78 is 17.3. The molecule has 0 saturated carbocycles. The second kappa shape index (κ2) is 31.6. The monoisotopic (exact) mass is 1360 g/mol. The van der Waals surface area contributed by atoms with Gasteiger partial charge in [0, 0.05) is 131 Å². The van der Waals surface area contributed by atoms with Gasteiger partial charge in [-0.25, -0.2) is 14.4 Å². The smallest absolute Gasteiger partial charge is 0.415 e. The number of nitrogens with zero attached hydrogens (tertiary/aromatic N) is 5.